The highest BCUT2D eigenvalue weighted by atomic mass is 16.5. The van der Waals surface area contributed by atoms with Gasteiger partial charge in [-0.25, -0.2) is 0 Å². The van der Waals surface area contributed by atoms with Gasteiger partial charge in [-0.05, 0) is 30.2 Å². The molecule has 1 atom stereocenters. The van der Waals surface area contributed by atoms with Crippen molar-refractivity contribution in [3.05, 3.63) is 53.6 Å². The lowest BCUT2D eigenvalue weighted by Gasteiger charge is -2.37. The van der Waals surface area contributed by atoms with Gasteiger partial charge < -0.3 is 24.4 Å². The standard InChI is InChI=1S/C22H28N2O4/c1-26-17-12-16(13-18(14-17)27-2)8-9-22(25)24-11-10-23-15-20(24)19-6-4-5-7-21(19)28-3/h4-7,12-14,20,23H,8-11,15H2,1-3H3. The number of amides is 1. The van der Waals surface area contributed by atoms with Crippen molar-refractivity contribution >= 4 is 5.91 Å². The zero-order chi connectivity index (χ0) is 19.9. The third-order valence-corrected chi connectivity index (χ3v) is 5.10. The summed E-state index contributed by atoms with van der Waals surface area (Å²) in [5.41, 5.74) is 2.06. The Kier molecular flexibility index (Phi) is 6.76. The Morgan fingerprint density at radius 3 is 2.46 bits per heavy atom. The summed E-state index contributed by atoms with van der Waals surface area (Å²) in [6, 6.07) is 13.6. The van der Waals surface area contributed by atoms with Gasteiger partial charge in [0.25, 0.3) is 0 Å². The predicted octanol–water partition coefficient (Wildman–Crippen LogP) is 2.82. The van der Waals surface area contributed by atoms with E-state index in [1.165, 1.54) is 0 Å². The zero-order valence-corrected chi connectivity index (χ0v) is 16.7. The number of carbonyl (C=O) groups is 1. The second-order valence-corrected chi connectivity index (χ2v) is 6.77. The number of hydrogen-bond donors (Lipinski definition) is 1. The highest BCUT2D eigenvalue weighted by Crippen LogP contribution is 2.31. The molecule has 1 aliphatic heterocycles. The van der Waals surface area contributed by atoms with E-state index in [4.69, 9.17) is 14.2 Å². The molecule has 2 aromatic rings. The van der Waals surface area contributed by atoms with E-state index in [2.05, 4.69) is 5.32 Å². The molecule has 0 saturated carbocycles. The van der Waals surface area contributed by atoms with Crippen molar-refractivity contribution in [3.8, 4) is 17.2 Å². The zero-order valence-electron chi connectivity index (χ0n) is 16.7. The molecule has 0 aliphatic carbocycles. The van der Waals surface area contributed by atoms with Crippen molar-refractivity contribution in [2.75, 3.05) is 41.0 Å². The van der Waals surface area contributed by atoms with Gasteiger partial charge in [-0.1, -0.05) is 18.2 Å². The van der Waals surface area contributed by atoms with Crippen LogP contribution in [-0.2, 0) is 11.2 Å². The van der Waals surface area contributed by atoms with Crippen molar-refractivity contribution in [2.45, 2.75) is 18.9 Å². The fourth-order valence-corrected chi connectivity index (χ4v) is 3.63. The maximum atomic E-state index is 13.1. The highest BCUT2D eigenvalue weighted by molar-refractivity contribution is 5.77. The van der Waals surface area contributed by atoms with Gasteiger partial charge in [-0.15, -0.1) is 0 Å². The molecule has 1 heterocycles. The third kappa shape index (κ3) is 4.57. The van der Waals surface area contributed by atoms with Crippen LogP contribution < -0.4 is 19.5 Å². The molecule has 6 nitrogen and oxygen atoms in total. The molecule has 150 valence electrons. The van der Waals surface area contributed by atoms with E-state index in [1.807, 2.05) is 47.4 Å². The number of ether oxygens (including phenoxy) is 3. The second-order valence-electron chi connectivity index (χ2n) is 6.77. The van der Waals surface area contributed by atoms with Gasteiger partial charge in [0.2, 0.25) is 5.91 Å². The van der Waals surface area contributed by atoms with E-state index in [9.17, 15) is 4.79 Å². The first-order valence-corrected chi connectivity index (χ1v) is 9.51. The van der Waals surface area contributed by atoms with E-state index in [-0.39, 0.29) is 11.9 Å². The number of nitrogens with one attached hydrogen (secondary N) is 1. The minimum Gasteiger partial charge on any atom is -0.497 e. The molecule has 0 spiro atoms. The molecule has 1 N–H and O–H groups in total. The molecule has 3 rings (SSSR count). The summed E-state index contributed by atoms with van der Waals surface area (Å²) in [6.45, 7) is 2.20. The van der Waals surface area contributed by atoms with Crippen LogP contribution >= 0.6 is 0 Å². The smallest absolute Gasteiger partial charge is 0.223 e. The third-order valence-electron chi connectivity index (χ3n) is 5.10. The van der Waals surface area contributed by atoms with Gasteiger partial charge in [0.15, 0.2) is 0 Å². The minimum atomic E-state index is -0.0303. The number of nitrogens with zero attached hydrogens (tertiary/aromatic N) is 1. The van der Waals surface area contributed by atoms with E-state index in [0.29, 0.717) is 19.4 Å². The van der Waals surface area contributed by atoms with Crippen LogP contribution in [-0.4, -0.2) is 51.8 Å². The number of rotatable bonds is 7. The number of carbonyl (C=O) groups excluding carboxylic acids is 1. The van der Waals surface area contributed by atoms with Gasteiger partial charge in [-0.3, -0.25) is 4.79 Å². The molecule has 1 aliphatic rings. The van der Waals surface area contributed by atoms with Crippen LogP contribution in [0.15, 0.2) is 42.5 Å². The molecule has 6 heteroatoms. The average Bonchev–Trinajstić information content (AvgIpc) is 2.77. The van der Waals surface area contributed by atoms with Gasteiger partial charge in [0, 0.05) is 37.7 Å². The Bertz CT molecular complexity index is 787. The monoisotopic (exact) mass is 384 g/mol. The summed E-state index contributed by atoms with van der Waals surface area (Å²) in [5, 5.41) is 3.39. The average molecular weight is 384 g/mol. The Hall–Kier alpha value is -2.73. The molecule has 1 saturated heterocycles. The molecular formula is C22H28N2O4. The molecule has 1 unspecified atom stereocenters. The topological polar surface area (TPSA) is 60.0 Å². The van der Waals surface area contributed by atoms with Crippen molar-refractivity contribution < 1.29 is 19.0 Å². The van der Waals surface area contributed by atoms with Crippen molar-refractivity contribution in [3.63, 3.8) is 0 Å². The summed E-state index contributed by atoms with van der Waals surface area (Å²) in [7, 11) is 4.92. The van der Waals surface area contributed by atoms with Gasteiger partial charge in [0.05, 0.1) is 27.4 Å². The van der Waals surface area contributed by atoms with Crippen molar-refractivity contribution in [1.82, 2.24) is 10.2 Å². The Labute approximate surface area is 166 Å². The van der Waals surface area contributed by atoms with Crippen molar-refractivity contribution in [2.24, 2.45) is 0 Å². The maximum absolute atomic E-state index is 13.1. The quantitative estimate of drug-likeness (QED) is 0.795. The number of piperazine rings is 1. The number of methoxy groups -OCH3 is 3. The van der Waals surface area contributed by atoms with E-state index in [1.54, 1.807) is 21.3 Å². The van der Waals surface area contributed by atoms with Crippen LogP contribution in [0.25, 0.3) is 0 Å². The molecular weight excluding hydrogens is 356 g/mol. The van der Waals surface area contributed by atoms with Crippen LogP contribution in [0.3, 0.4) is 0 Å². The fraction of sp³-hybridized carbons (Fsp3) is 0.409. The van der Waals surface area contributed by atoms with Gasteiger partial charge in [-0.2, -0.15) is 0 Å². The summed E-state index contributed by atoms with van der Waals surface area (Å²) < 4.78 is 16.2. The summed E-state index contributed by atoms with van der Waals surface area (Å²) in [5.74, 6) is 2.41. The summed E-state index contributed by atoms with van der Waals surface area (Å²) in [4.78, 5) is 15.0. The first-order valence-electron chi connectivity index (χ1n) is 9.51. The Morgan fingerprint density at radius 1 is 1.07 bits per heavy atom. The molecule has 0 bridgehead atoms. The second kappa shape index (κ2) is 9.46. The highest BCUT2D eigenvalue weighted by Gasteiger charge is 2.29. The van der Waals surface area contributed by atoms with Gasteiger partial charge >= 0.3 is 0 Å². The minimum absolute atomic E-state index is 0.0303. The number of benzene rings is 2. The van der Waals surface area contributed by atoms with Crippen LogP contribution in [0.4, 0.5) is 0 Å². The summed E-state index contributed by atoms with van der Waals surface area (Å²) >= 11 is 0. The molecule has 28 heavy (non-hydrogen) atoms. The lowest BCUT2D eigenvalue weighted by atomic mass is 10.0. The first-order chi connectivity index (χ1) is 13.7. The molecule has 1 amide bonds. The van der Waals surface area contributed by atoms with Crippen LogP contribution in [0.1, 0.15) is 23.6 Å². The predicted molar refractivity (Wildman–Crippen MR) is 108 cm³/mol. The van der Waals surface area contributed by atoms with E-state index < -0.39 is 0 Å². The molecule has 2 aromatic carbocycles. The molecule has 0 aromatic heterocycles. The number of hydrogen-bond acceptors (Lipinski definition) is 5. The lowest BCUT2D eigenvalue weighted by Crippen LogP contribution is -2.48. The van der Waals surface area contributed by atoms with Crippen LogP contribution in [0.2, 0.25) is 0 Å². The van der Waals surface area contributed by atoms with Crippen molar-refractivity contribution in [1.29, 1.82) is 0 Å². The largest absolute Gasteiger partial charge is 0.497 e. The Balaban J connectivity index is 1.73. The molecule has 1 fully saturated rings. The van der Waals surface area contributed by atoms with Crippen LogP contribution in [0, 0.1) is 0 Å². The fourth-order valence-electron chi connectivity index (χ4n) is 3.63. The number of para-hydroxylation sites is 1. The van der Waals surface area contributed by atoms with Gasteiger partial charge in [0.1, 0.15) is 17.2 Å². The van der Waals surface area contributed by atoms with Crippen LogP contribution in [0.5, 0.6) is 17.2 Å². The molecule has 0 radical (unpaired) electrons. The first kappa shape index (κ1) is 20.0. The SMILES string of the molecule is COc1cc(CCC(=O)N2CCNCC2c2ccccc2OC)cc(OC)c1. The maximum Gasteiger partial charge on any atom is 0.223 e. The summed E-state index contributed by atoms with van der Waals surface area (Å²) in [6.07, 6.45) is 1.07. The van der Waals surface area contributed by atoms with E-state index in [0.717, 1.165) is 41.5 Å². The normalized spacial score (nSPS) is 16.5. The lowest BCUT2D eigenvalue weighted by molar-refractivity contribution is -0.134. The Morgan fingerprint density at radius 2 is 1.79 bits per heavy atom. The van der Waals surface area contributed by atoms with E-state index >= 15 is 0 Å². The number of aryl methyl sites for hydroxylation is 1.